The molecule has 0 bridgehead atoms. The number of rotatable bonds is 10. The van der Waals surface area contributed by atoms with Gasteiger partial charge < -0.3 is 15.7 Å². The van der Waals surface area contributed by atoms with Crippen molar-refractivity contribution in [3.63, 3.8) is 0 Å². The predicted octanol–water partition coefficient (Wildman–Crippen LogP) is 4.14. The monoisotopic (exact) mass is 446 g/mol. The zero-order valence-electron chi connectivity index (χ0n) is 17.2. The van der Waals surface area contributed by atoms with Crippen molar-refractivity contribution in [2.45, 2.75) is 38.5 Å². The van der Waals surface area contributed by atoms with Gasteiger partial charge in [-0.15, -0.1) is 0 Å². The maximum atomic E-state index is 13.6. The SMILES string of the molecule is CCc1cccc(CNCC(O)C(Cc2cc(F)cc(F)c2)Nc2ccnc(Cl)n2)c1. The Morgan fingerprint density at radius 3 is 2.48 bits per heavy atom. The molecule has 2 unspecified atom stereocenters. The Labute approximate surface area is 185 Å². The third kappa shape index (κ3) is 7.24. The number of halogens is 3. The minimum Gasteiger partial charge on any atom is -0.390 e. The number of hydrogen-bond acceptors (Lipinski definition) is 5. The average molecular weight is 447 g/mol. The highest BCUT2D eigenvalue weighted by atomic mass is 35.5. The van der Waals surface area contributed by atoms with Gasteiger partial charge in [0.25, 0.3) is 0 Å². The van der Waals surface area contributed by atoms with E-state index in [1.807, 2.05) is 12.1 Å². The standard InChI is InChI=1S/C23H25ClF2N4O/c1-2-15-4-3-5-16(8-15)13-27-14-21(31)20(29-22-6-7-28-23(24)30-22)11-17-9-18(25)12-19(26)10-17/h3-10,12,20-21,27,31H,2,11,13-14H2,1H3,(H,28,29,30). The molecule has 0 spiro atoms. The Hall–Kier alpha value is -2.61. The van der Waals surface area contributed by atoms with Gasteiger partial charge in [0.15, 0.2) is 0 Å². The van der Waals surface area contributed by atoms with Gasteiger partial charge in [0, 0.05) is 25.4 Å². The highest BCUT2D eigenvalue weighted by molar-refractivity contribution is 6.28. The van der Waals surface area contributed by atoms with Crippen LogP contribution in [0.1, 0.15) is 23.6 Å². The number of aryl methyl sites for hydroxylation is 1. The van der Waals surface area contributed by atoms with Crippen molar-refractivity contribution >= 4 is 17.4 Å². The lowest BCUT2D eigenvalue weighted by molar-refractivity contribution is 0.148. The Bertz CT molecular complexity index is 985. The summed E-state index contributed by atoms with van der Waals surface area (Å²) in [4.78, 5) is 7.92. The van der Waals surface area contributed by atoms with Gasteiger partial charge in [-0.25, -0.2) is 18.7 Å². The summed E-state index contributed by atoms with van der Waals surface area (Å²) in [6, 6.07) is 12.6. The van der Waals surface area contributed by atoms with E-state index in [-0.39, 0.29) is 18.2 Å². The van der Waals surface area contributed by atoms with Crippen LogP contribution >= 0.6 is 11.6 Å². The zero-order chi connectivity index (χ0) is 22.2. The molecule has 3 aromatic rings. The first-order chi connectivity index (χ1) is 14.9. The first kappa shape index (κ1) is 23.1. The van der Waals surface area contributed by atoms with Crippen LogP contribution in [0.25, 0.3) is 0 Å². The molecule has 1 aromatic heterocycles. The highest BCUT2D eigenvalue weighted by Crippen LogP contribution is 2.16. The maximum absolute atomic E-state index is 13.6. The van der Waals surface area contributed by atoms with Crippen molar-refractivity contribution in [1.29, 1.82) is 0 Å². The van der Waals surface area contributed by atoms with E-state index >= 15 is 0 Å². The van der Waals surface area contributed by atoms with Gasteiger partial charge in [-0.3, -0.25) is 0 Å². The first-order valence-corrected chi connectivity index (χ1v) is 10.5. The largest absolute Gasteiger partial charge is 0.390 e. The fourth-order valence-electron chi connectivity index (χ4n) is 3.34. The molecule has 0 radical (unpaired) electrons. The average Bonchev–Trinajstić information content (AvgIpc) is 2.72. The Kier molecular flexibility index (Phi) is 8.28. The Morgan fingerprint density at radius 2 is 1.77 bits per heavy atom. The van der Waals surface area contributed by atoms with Gasteiger partial charge in [0.2, 0.25) is 5.28 Å². The molecule has 8 heteroatoms. The highest BCUT2D eigenvalue weighted by Gasteiger charge is 2.21. The molecular formula is C23H25ClF2N4O. The lowest BCUT2D eigenvalue weighted by Crippen LogP contribution is -2.42. The van der Waals surface area contributed by atoms with E-state index in [0.717, 1.165) is 18.1 Å². The molecule has 164 valence electrons. The van der Waals surface area contributed by atoms with E-state index in [1.54, 1.807) is 6.07 Å². The number of nitrogens with zero attached hydrogens (tertiary/aromatic N) is 2. The lowest BCUT2D eigenvalue weighted by Gasteiger charge is -2.25. The molecule has 0 aliphatic heterocycles. The normalized spacial score (nSPS) is 13.1. The Balaban J connectivity index is 1.69. The van der Waals surface area contributed by atoms with E-state index in [2.05, 4.69) is 39.7 Å². The quantitative estimate of drug-likeness (QED) is 0.408. The molecule has 5 nitrogen and oxygen atoms in total. The molecule has 2 atom stereocenters. The number of nitrogens with one attached hydrogen (secondary N) is 2. The van der Waals surface area contributed by atoms with Crippen LogP contribution in [0.2, 0.25) is 5.28 Å². The van der Waals surface area contributed by atoms with Gasteiger partial charge >= 0.3 is 0 Å². The van der Waals surface area contributed by atoms with Crippen molar-refractivity contribution < 1.29 is 13.9 Å². The van der Waals surface area contributed by atoms with Crippen LogP contribution in [0.15, 0.2) is 54.7 Å². The van der Waals surface area contributed by atoms with Crippen molar-refractivity contribution in [1.82, 2.24) is 15.3 Å². The first-order valence-electron chi connectivity index (χ1n) is 10.1. The van der Waals surface area contributed by atoms with Crippen LogP contribution in [0.5, 0.6) is 0 Å². The number of aliphatic hydroxyl groups excluding tert-OH is 1. The number of benzene rings is 2. The third-order valence-corrected chi connectivity index (χ3v) is 5.07. The van der Waals surface area contributed by atoms with Crippen LogP contribution < -0.4 is 10.6 Å². The van der Waals surface area contributed by atoms with E-state index in [9.17, 15) is 13.9 Å². The minimum absolute atomic E-state index is 0.0592. The summed E-state index contributed by atoms with van der Waals surface area (Å²) < 4.78 is 27.3. The summed E-state index contributed by atoms with van der Waals surface area (Å²) in [6.07, 6.45) is 1.76. The second-order valence-electron chi connectivity index (χ2n) is 7.32. The molecule has 0 saturated heterocycles. The summed E-state index contributed by atoms with van der Waals surface area (Å²) in [5.74, 6) is -0.916. The van der Waals surface area contributed by atoms with Gasteiger partial charge in [0.1, 0.15) is 17.5 Å². The van der Waals surface area contributed by atoms with Crippen molar-refractivity contribution in [2.75, 3.05) is 11.9 Å². The Morgan fingerprint density at radius 1 is 1.03 bits per heavy atom. The lowest BCUT2D eigenvalue weighted by atomic mass is 10.0. The maximum Gasteiger partial charge on any atom is 0.224 e. The fourth-order valence-corrected chi connectivity index (χ4v) is 3.48. The zero-order valence-corrected chi connectivity index (χ0v) is 17.9. The van der Waals surface area contributed by atoms with E-state index in [4.69, 9.17) is 11.6 Å². The third-order valence-electron chi connectivity index (χ3n) is 4.88. The van der Waals surface area contributed by atoms with E-state index in [1.165, 1.54) is 23.9 Å². The van der Waals surface area contributed by atoms with Crippen LogP contribution in [0.3, 0.4) is 0 Å². The van der Waals surface area contributed by atoms with E-state index < -0.39 is 23.8 Å². The fraction of sp³-hybridized carbons (Fsp3) is 0.304. The second kappa shape index (κ2) is 11.1. The van der Waals surface area contributed by atoms with Crippen LogP contribution in [0.4, 0.5) is 14.6 Å². The van der Waals surface area contributed by atoms with Gasteiger partial charge in [-0.2, -0.15) is 0 Å². The summed E-state index contributed by atoms with van der Waals surface area (Å²) in [5, 5.41) is 17.2. The number of aliphatic hydroxyl groups is 1. The van der Waals surface area contributed by atoms with E-state index in [0.29, 0.717) is 17.9 Å². The van der Waals surface area contributed by atoms with Crippen molar-refractivity contribution in [3.8, 4) is 0 Å². The van der Waals surface area contributed by atoms with Crippen molar-refractivity contribution in [2.24, 2.45) is 0 Å². The summed E-state index contributed by atoms with van der Waals surface area (Å²) >= 11 is 5.85. The number of hydrogen-bond donors (Lipinski definition) is 3. The van der Waals surface area contributed by atoms with Crippen molar-refractivity contribution in [3.05, 3.63) is 88.3 Å². The molecule has 3 rings (SSSR count). The summed E-state index contributed by atoms with van der Waals surface area (Å²) in [7, 11) is 0. The topological polar surface area (TPSA) is 70.1 Å². The molecule has 2 aromatic carbocycles. The van der Waals surface area contributed by atoms with Gasteiger partial charge in [-0.05, 0) is 59.3 Å². The van der Waals surface area contributed by atoms with Gasteiger partial charge in [0.05, 0.1) is 12.1 Å². The molecule has 0 aliphatic rings. The summed E-state index contributed by atoms with van der Waals surface area (Å²) in [5.41, 5.74) is 2.78. The second-order valence-corrected chi connectivity index (χ2v) is 7.65. The molecule has 1 heterocycles. The molecule has 0 aliphatic carbocycles. The summed E-state index contributed by atoms with van der Waals surface area (Å²) in [6.45, 7) is 2.96. The van der Waals surface area contributed by atoms with Crippen LogP contribution in [-0.4, -0.2) is 33.8 Å². The molecule has 0 amide bonds. The predicted molar refractivity (Wildman–Crippen MR) is 118 cm³/mol. The molecule has 3 N–H and O–H groups in total. The molecule has 0 saturated carbocycles. The van der Waals surface area contributed by atoms with Crippen LogP contribution in [0, 0.1) is 11.6 Å². The van der Waals surface area contributed by atoms with Crippen LogP contribution in [-0.2, 0) is 19.4 Å². The van der Waals surface area contributed by atoms with Gasteiger partial charge in [-0.1, -0.05) is 31.2 Å². The minimum atomic E-state index is -0.866. The molecular weight excluding hydrogens is 422 g/mol. The molecule has 0 fully saturated rings. The number of anilines is 1. The molecule has 31 heavy (non-hydrogen) atoms. The smallest absolute Gasteiger partial charge is 0.224 e. The number of aromatic nitrogens is 2.